The molecule has 0 aromatic carbocycles. The Morgan fingerprint density at radius 1 is 1.69 bits per heavy atom. The van der Waals surface area contributed by atoms with Crippen LogP contribution in [0.2, 0.25) is 0 Å². The van der Waals surface area contributed by atoms with Gasteiger partial charge in [0.25, 0.3) is 5.69 Å². The molecular formula is C9H10BrN3O3. The molecule has 1 fully saturated rings. The highest BCUT2D eigenvalue weighted by atomic mass is 79.9. The van der Waals surface area contributed by atoms with Gasteiger partial charge in [0.05, 0.1) is 11.5 Å². The lowest BCUT2D eigenvalue weighted by Gasteiger charge is -2.22. The number of aromatic nitrogens is 1. The van der Waals surface area contributed by atoms with Crippen LogP contribution in [0, 0.1) is 10.1 Å². The van der Waals surface area contributed by atoms with E-state index in [9.17, 15) is 10.1 Å². The second-order valence-electron chi connectivity index (χ2n) is 3.38. The van der Waals surface area contributed by atoms with E-state index in [0.717, 1.165) is 6.54 Å². The molecule has 1 N–H and O–H groups in total. The summed E-state index contributed by atoms with van der Waals surface area (Å²) in [5, 5.41) is 14.0. The predicted molar refractivity (Wildman–Crippen MR) is 60.2 cm³/mol. The molecule has 0 amide bonds. The maximum Gasteiger partial charge on any atom is 0.294 e. The lowest BCUT2D eigenvalue weighted by molar-refractivity contribution is -0.386. The highest BCUT2D eigenvalue weighted by Crippen LogP contribution is 2.28. The number of pyridine rings is 1. The van der Waals surface area contributed by atoms with Crippen molar-refractivity contribution in [3.63, 3.8) is 0 Å². The van der Waals surface area contributed by atoms with Crippen LogP contribution in [0.25, 0.3) is 0 Å². The van der Waals surface area contributed by atoms with Gasteiger partial charge in [-0.05, 0) is 15.9 Å². The first-order chi connectivity index (χ1) is 7.68. The van der Waals surface area contributed by atoms with Gasteiger partial charge in [0.2, 0.25) is 0 Å². The minimum Gasteiger partial charge on any atom is -0.369 e. The number of nitro groups is 1. The molecule has 1 aliphatic heterocycles. The van der Waals surface area contributed by atoms with Crippen molar-refractivity contribution < 1.29 is 9.66 Å². The Morgan fingerprint density at radius 3 is 3.12 bits per heavy atom. The molecule has 2 rings (SSSR count). The van der Waals surface area contributed by atoms with Crippen LogP contribution >= 0.6 is 15.9 Å². The Hall–Kier alpha value is -1.05. The second kappa shape index (κ2) is 4.86. The molecule has 1 atom stereocenters. The van der Waals surface area contributed by atoms with Crippen molar-refractivity contribution in [3.05, 3.63) is 32.5 Å². The molecule has 1 aliphatic rings. The average Bonchev–Trinajstić information content (AvgIpc) is 2.30. The van der Waals surface area contributed by atoms with E-state index in [1.54, 1.807) is 6.20 Å². The van der Waals surface area contributed by atoms with Gasteiger partial charge in [-0.2, -0.15) is 0 Å². The fraction of sp³-hybridized carbons (Fsp3) is 0.444. The van der Waals surface area contributed by atoms with Gasteiger partial charge in [-0.25, -0.2) is 0 Å². The van der Waals surface area contributed by atoms with Crippen molar-refractivity contribution in [1.29, 1.82) is 0 Å². The summed E-state index contributed by atoms with van der Waals surface area (Å²) >= 11 is 3.17. The molecule has 1 saturated heterocycles. The molecule has 0 saturated carbocycles. The summed E-state index contributed by atoms with van der Waals surface area (Å²) in [5.41, 5.74) is 0.364. The Labute approximate surface area is 100 Å². The quantitative estimate of drug-likeness (QED) is 0.657. The Kier molecular flexibility index (Phi) is 3.47. The molecule has 1 aromatic rings. The van der Waals surface area contributed by atoms with Crippen LogP contribution in [0.5, 0.6) is 0 Å². The predicted octanol–water partition coefficient (Wildman–Crippen LogP) is 1.41. The maximum atomic E-state index is 10.9. The van der Waals surface area contributed by atoms with Gasteiger partial charge in [0.1, 0.15) is 11.8 Å². The first-order valence-electron chi connectivity index (χ1n) is 4.80. The van der Waals surface area contributed by atoms with Gasteiger partial charge >= 0.3 is 0 Å². The molecule has 86 valence electrons. The second-order valence-corrected chi connectivity index (χ2v) is 4.29. The maximum absolute atomic E-state index is 10.9. The summed E-state index contributed by atoms with van der Waals surface area (Å²) in [4.78, 5) is 14.5. The molecule has 7 heteroatoms. The SMILES string of the molecule is O=[N+]([O-])c1cc(Br)cnc1C1CNCCO1. The largest absolute Gasteiger partial charge is 0.369 e. The van der Waals surface area contributed by atoms with Gasteiger partial charge < -0.3 is 10.1 Å². The molecule has 0 aliphatic carbocycles. The number of nitrogens with zero attached hydrogens (tertiary/aromatic N) is 2. The standard InChI is InChI=1S/C9H10BrN3O3/c10-6-3-7(13(14)15)9(12-4-6)8-5-11-1-2-16-8/h3-4,8,11H,1-2,5H2. The molecular weight excluding hydrogens is 278 g/mol. The fourth-order valence-electron chi connectivity index (χ4n) is 1.57. The summed E-state index contributed by atoms with van der Waals surface area (Å²) in [7, 11) is 0. The van der Waals surface area contributed by atoms with Gasteiger partial charge in [0.15, 0.2) is 0 Å². The van der Waals surface area contributed by atoms with Crippen molar-refractivity contribution in [3.8, 4) is 0 Å². The van der Waals surface area contributed by atoms with Gasteiger partial charge in [-0.3, -0.25) is 15.1 Å². The molecule has 0 bridgehead atoms. The Morgan fingerprint density at radius 2 is 2.50 bits per heavy atom. The zero-order valence-corrected chi connectivity index (χ0v) is 9.94. The van der Waals surface area contributed by atoms with E-state index < -0.39 is 4.92 Å². The van der Waals surface area contributed by atoms with Crippen molar-refractivity contribution in [2.45, 2.75) is 6.10 Å². The third-order valence-electron chi connectivity index (χ3n) is 2.29. The van der Waals surface area contributed by atoms with E-state index in [1.165, 1.54) is 6.07 Å². The summed E-state index contributed by atoms with van der Waals surface area (Å²) in [6, 6.07) is 1.44. The fourth-order valence-corrected chi connectivity index (χ4v) is 1.89. The van der Waals surface area contributed by atoms with E-state index in [2.05, 4.69) is 26.2 Å². The summed E-state index contributed by atoms with van der Waals surface area (Å²) < 4.78 is 6.04. The van der Waals surface area contributed by atoms with Crippen LogP contribution in [-0.4, -0.2) is 29.6 Å². The number of rotatable bonds is 2. The van der Waals surface area contributed by atoms with Gasteiger partial charge in [-0.1, -0.05) is 0 Å². The van der Waals surface area contributed by atoms with Gasteiger partial charge in [0, 0.05) is 29.8 Å². The van der Waals surface area contributed by atoms with Crippen LogP contribution in [0.3, 0.4) is 0 Å². The number of hydrogen-bond donors (Lipinski definition) is 1. The lowest BCUT2D eigenvalue weighted by Crippen LogP contribution is -2.34. The number of halogens is 1. The van der Waals surface area contributed by atoms with E-state index in [1.807, 2.05) is 0 Å². The number of hydrogen-bond acceptors (Lipinski definition) is 5. The monoisotopic (exact) mass is 287 g/mol. The minimum atomic E-state index is -0.439. The summed E-state index contributed by atoms with van der Waals surface area (Å²) in [6.45, 7) is 1.86. The third-order valence-corrected chi connectivity index (χ3v) is 2.73. The molecule has 0 radical (unpaired) electrons. The summed E-state index contributed by atoms with van der Waals surface area (Å²) in [5.74, 6) is 0. The molecule has 0 spiro atoms. The normalized spacial score (nSPS) is 20.7. The molecule has 16 heavy (non-hydrogen) atoms. The molecule has 2 heterocycles. The number of ether oxygens (including phenoxy) is 1. The van der Waals surface area contributed by atoms with Gasteiger partial charge in [-0.15, -0.1) is 0 Å². The minimum absolute atomic E-state index is 0.0110. The van der Waals surface area contributed by atoms with Crippen LogP contribution in [0.15, 0.2) is 16.7 Å². The lowest BCUT2D eigenvalue weighted by atomic mass is 10.2. The summed E-state index contributed by atoms with van der Waals surface area (Å²) in [6.07, 6.45) is 1.20. The number of morpholine rings is 1. The smallest absolute Gasteiger partial charge is 0.294 e. The highest BCUT2D eigenvalue weighted by Gasteiger charge is 2.26. The van der Waals surface area contributed by atoms with Crippen LogP contribution in [-0.2, 0) is 4.74 Å². The zero-order valence-electron chi connectivity index (χ0n) is 8.35. The van der Waals surface area contributed by atoms with Crippen LogP contribution < -0.4 is 5.32 Å². The highest BCUT2D eigenvalue weighted by molar-refractivity contribution is 9.10. The van der Waals surface area contributed by atoms with Crippen LogP contribution in [0.1, 0.15) is 11.8 Å². The van der Waals surface area contributed by atoms with Crippen molar-refractivity contribution in [2.24, 2.45) is 0 Å². The zero-order chi connectivity index (χ0) is 11.5. The van der Waals surface area contributed by atoms with E-state index >= 15 is 0 Å². The Balaban J connectivity index is 2.34. The van der Waals surface area contributed by atoms with Crippen molar-refractivity contribution >= 4 is 21.6 Å². The first kappa shape index (κ1) is 11.4. The van der Waals surface area contributed by atoms with E-state index in [0.29, 0.717) is 23.3 Å². The van der Waals surface area contributed by atoms with Crippen molar-refractivity contribution in [2.75, 3.05) is 19.7 Å². The Bertz CT molecular complexity index is 407. The van der Waals surface area contributed by atoms with Crippen molar-refractivity contribution in [1.82, 2.24) is 10.3 Å². The number of nitrogens with one attached hydrogen (secondary N) is 1. The van der Waals surface area contributed by atoms with E-state index in [-0.39, 0.29) is 11.8 Å². The molecule has 1 unspecified atom stereocenters. The van der Waals surface area contributed by atoms with Crippen LogP contribution in [0.4, 0.5) is 5.69 Å². The molecule has 6 nitrogen and oxygen atoms in total. The molecule has 1 aromatic heterocycles. The average molecular weight is 288 g/mol. The van der Waals surface area contributed by atoms with E-state index in [4.69, 9.17) is 4.74 Å². The third kappa shape index (κ3) is 2.37. The topological polar surface area (TPSA) is 77.3 Å². The first-order valence-corrected chi connectivity index (χ1v) is 5.60.